The highest BCUT2D eigenvalue weighted by Crippen LogP contribution is 2.24. The number of aryl methyl sites for hydroxylation is 3. The van der Waals surface area contributed by atoms with Crippen molar-refractivity contribution < 1.29 is 4.79 Å². The fourth-order valence-corrected chi connectivity index (χ4v) is 3.92. The molecule has 2 aromatic heterocycles. The van der Waals surface area contributed by atoms with Crippen LogP contribution in [0.25, 0.3) is 22.2 Å². The maximum atomic E-state index is 12.0. The number of thiazole rings is 1. The maximum Gasteiger partial charge on any atom is 0.263 e. The molecule has 0 saturated heterocycles. The molecule has 0 fully saturated rings. The molecule has 0 atom stereocenters. The number of rotatable bonds is 6. The normalized spacial score (nSPS) is 11.1. The molecule has 28 heavy (non-hydrogen) atoms. The van der Waals surface area contributed by atoms with Gasteiger partial charge in [-0.15, -0.1) is 11.3 Å². The number of carbonyl (C=O) groups is 1. The SMILES string of the molecule is Cc1ncc(C(=O)NCCCc2ccc(-c3ccc4c(c3)ncn4C)cc2)s1. The first kappa shape index (κ1) is 18.4. The average Bonchev–Trinajstić information content (AvgIpc) is 3.31. The first-order valence-electron chi connectivity index (χ1n) is 9.31. The van der Waals surface area contributed by atoms with Gasteiger partial charge in [0.05, 0.1) is 28.6 Å². The minimum Gasteiger partial charge on any atom is -0.351 e. The van der Waals surface area contributed by atoms with Crippen LogP contribution in [0.15, 0.2) is 55.0 Å². The van der Waals surface area contributed by atoms with Crippen LogP contribution in [-0.4, -0.2) is 27.0 Å². The summed E-state index contributed by atoms with van der Waals surface area (Å²) in [4.78, 5) is 21.2. The number of amides is 1. The Morgan fingerprint density at radius 3 is 2.64 bits per heavy atom. The Bertz CT molecular complexity index is 1110. The van der Waals surface area contributed by atoms with E-state index in [4.69, 9.17) is 0 Å². The van der Waals surface area contributed by atoms with E-state index in [0.717, 1.165) is 28.9 Å². The summed E-state index contributed by atoms with van der Waals surface area (Å²) in [6.45, 7) is 2.56. The predicted octanol–water partition coefficient (Wildman–Crippen LogP) is 4.37. The third-order valence-corrected chi connectivity index (χ3v) is 5.70. The Balaban J connectivity index is 1.32. The van der Waals surface area contributed by atoms with Gasteiger partial charge in [-0.2, -0.15) is 0 Å². The molecule has 6 heteroatoms. The largest absolute Gasteiger partial charge is 0.351 e. The van der Waals surface area contributed by atoms with Crippen LogP contribution in [0.2, 0.25) is 0 Å². The lowest BCUT2D eigenvalue weighted by Gasteiger charge is -2.06. The van der Waals surface area contributed by atoms with Crippen LogP contribution in [0.5, 0.6) is 0 Å². The first-order chi connectivity index (χ1) is 13.6. The van der Waals surface area contributed by atoms with Crippen molar-refractivity contribution in [2.24, 2.45) is 7.05 Å². The second-order valence-corrected chi connectivity index (χ2v) is 8.09. The van der Waals surface area contributed by atoms with E-state index in [-0.39, 0.29) is 5.91 Å². The van der Waals surface area contributed by atoms with E-state index in [1.165, 1.54) is 28.0 Å². The maximum absolute atomic E-state index is 12.0. The number of benzene rings is 2. The van der Waals surface area contributed by atoms with E-state index in [1.54, 1.807) is 6.20 Å². The predicted molar refractivity (Wildman–Crippen MR) is 114 cm³/mol. The fraction of sp³-hybridized carbons (Fsp3) is 0.227. The minimum atomic E-state index is -0.0362. The van der Waals surface area contributed by atoms with Crippen molar-refractivity contribution in [1.29, 1.82) is 0 Å². The Labute approximate surface area is 168 Å². The summed E-state index contributed by atoms with van der Waals surface area (Å²) in [6, 6.07) is 15.0. The Hall–Kier alpha value is -2.99. The molecule has 0 unspecified atom stereocenters. The molecule has 1 amide bonds. The minimum absolute atomic E-state index is 0.0362. The molecule has 0 bridgehead atoms. The smallest absolute Gasteiger partial charge is 0.263 e. The zero-order valence-electron chi connectivity index (χ0n) is 16.0. The van der Waals surface area contributed by atoms with Crippen LogP contribution in [0.3, 0.4) is 0 Å². The van der Waals surface area contributed by atoms with Crippen molar-refractivity contribution in [2.75, 3.05) is 6.54 Å². The van der Waals surface area contributed by atoms with Gasteiger partial charge in [-0.1, -0.05) is 30.3 Å². The molecule has 0 radical (unpaired) electrons. The van der Waals surface area contributed by atoms with Crippen molar-refractivity contribution in [2.45, 2.75) is 19.8 Å². The van der Waals surface area contributed by atoms with Crippen molar-refractivity contribution in [1.82, 2.24) is 19.9 Å². The van der Waals surface area contributed by atoms with Crippen molar-refractivity contribution >= 4 is 28.3 Å². The number of fused-ring (bicyclic) bond motifs is 1. The Morgan fingerprint density at radius 2 is 1.89 bits per heavy atom. The molecule has 4 rings (SSSR count). The van der Waals surface area contributed by atoms with E-state index in [1.807, 2.05) is 24.9 Å². The number of nitrogens with zero attached hydrogens (tertiary/aromatic N) is 3. The topological polar surface area (TPSA) is 59.8 Å². The van der Waals surface area contributed by atoms with Crippen LogP contribution in [0, 0.1) is 6.92 Å². The number of aromatic nitrogens is 3. The number of hydrogen-bond acceptors (Lipinski definition) is 4. The summed E-state index contributed by atoms with van der Waals surface area (Å²) in [5.74, 6) is -0.0362. The first-order valence-corrected chi connectivity index (χ1v) is 10.1. The van der Waals surface area contributed by atoms with Gasteiger partial charge in [0.2, 0.25) is 0 Å². The van der Waals surface area contributed by atoms with Crippen molar-refractivity contribution in [3.63, 3.8) is 0 Å². The fourth-order valence-electron chi connectivity index (χ4n) is 3.23. The summed E-state index contributed by atoms with van der Waals surface area (Å²) >= 11 is 1.42. The Morgan fingerprint density at radius 1 is 1.11 bits per heavy atom. The highest BCUT2D eigenvalue weighted by atomic mass is 32.1. The lowest BCUT2D eigenvalue weighted by atomic mass is 10.0. The third kappa shape index (κ3) is 3.97. The van der Waals surface area contributed by atoms with Crippen molar-refractivity contribution in [3.05, 3.63) is 70.4 Å². The molecule has 2 heterocycles. The molecule has 0 aliphatic rings. The van der Waals surface area contributed by atoms with E-state index < -0.39 is 0 Å². The Kier molecular flexibility index (Phi) is 5.21. The van der Waals surface area contributed by atoms with Gasteiger partial charge in [0.15, 0.2) is 0 Å². The van der Waals surface area contributed by atoms with Gasteiger partial charge >= 0.3 is 0 Å². The van der Waals surface area contributed by atoms with E-state index in [9.17, 15) is 4.79 Å². The molecular weight excluding hydrogens is 368 g/mol. The molecule has 4 aromatic rings. The van der Waals surface area contributed by atoms with E-state index >= 15 is 0 Å². The van der Waals surface area contributed by atoms with E-state index in [0.29, 0.717) is 11.4 Å². The summed E-state index contributed by atoms with van der Waals surface area (Å²) in [7, 11) is 2.00. The molecule has 1 N–H and O–H groups in total. The van der Waals surface area contributed by atoms with Crippen LogP contribution >= 0.6 is 11.3 Å². The molecule has 0 aliphatic carbocycles. The molecule has 2 aromatic carbocycles. The van der Waals surface area contributed by atoms with Gasteiger partial charge in [0.25, 0.3) is 5.91 Å². The lowest BCUT2D eigenvalue weighted by molar-refractivity contribution is 0.0957. The quantitative estimate of drug-likeness (QED) is 0.498. The molecule has 0 spiro atoms. The second kappa shape index (κ2) is 7.94. The van der Waals surface area contributed by atoms with Crippen LogP contribution < -0.4 is 5.32 Å². The van der Waals surface area contributed by atoms with Gasteiger partial charge in [-0.25, -0.2) is 9.97 Å². The van der Waals surface area contributed by atoms with Crippen LogP contribution in [0.4, 0.5) is 0 Å². The highest BCUT2D eigenvalue weighted by Gasteiger charge is 2.08. The zero-order chi connectivity index (χ0) is 19.5. The lowest BCUT2D eigenvalue weighted by Crippen LogP contribution is -2.23. The number of nitrogens with one attached hydrogen (secondary N) is 1. The summed E-state index contributed by atoms with van der Waals surface area (Å²) < 4.78 is 2.02. The zero-order valence-corrected chi connectivity index (χ0v) is 16.8. The standard InChI is InChI=1S/C22H22N4OS/c1-15-24-13-21(28-15)22(27)23-11-3-4-16-5-7-17(8-6-16)18-9-10-20-19(12-18)25-14-26(20)2/h5-10,12-14H,3-4,11H2,1-2H3,(H,23,27). The summed E-state index contributed by atoms with van der Waals surface area (Å²) in [5, 5.41) is 3.87. The van der Waals surface area contributed by atoms with Crippen LogP contribution in [-0.2, 0) is 13.5 Å². The molecular formula is C22H22N4OS. The molecule has 142 valence electrons. The van der Waals surface area contributed by atoms with Gasteiger partial charge in [0, 0.05) is 13.6 Å². The second-order valence-electron chi connectivity index (χ2n) is 6.86. The number of carbonyl (C=O) groups excluding carboxylic acids is 1. The van der Waals surface area contributed by atoms with Gasteiger partial charge in [0.1, 0.15) is 4.88 Å². The van der Waals surface area contributed by atoms with Gasteiger partial charge in [-0.05, 0) is 48.6 Å². The highest BCUT2D eigenvalue weighted by molar-refractivity contribution is 7.13. The number of hydrogen-bond donors (Lipinski definition) is 1. The monoisotopic (exact) mass is 390 g/mol. The number of imidazole rings is 1. The molecule has 5 nitrogen and oxygen atoms in total. The van der Waals surface area contributed by atoms with Crippen LogP contribution in [0.1, 0.15) is 26.7 Å². The average molecular weight is 391 g/mol. The summed E-state index contributed by atoms with van der Waals surface area (Å²) in [5.41, 5.74) is 5.77. The van der Waals surface area contributed by atoms with Crippen molar-refractivity contribution in [3.8, 4) is 11.1 Å². The van der Waals surface area contributed by atoms with Gasteiger partial charge < -0.3 is 9.88 Å². The van der Waals surface area contributed by atoms with Gasteiger partial charge in [-0.3, -0.25) is 4.79 Å². The molecule has 0 saturated carbocycles. The summed E-state index contributed by atoms with van der Waals surface area (Å²) in [6.07, 6.45) is 5.31. The molecule has 0 aliphatic heterocycles. The van der Waals surface area contributed by atoms with E-state index in [2.05, 4.69) is 57.7 Å². The third-order valence-electron chi connectivity index (χ3n) is 4.79.